The summed E-state index contributed by atoms with van der Waals surface area (Å²) in [7, 11) is 3.79. The van der Waals surface area contributed by atoms with Gasteiger partial charge in [-0.25, -0.2) is 9.78 Å². The lowest BCUT2D eigenvalue weighted by atomic mass is 10.1. The largest absolute Gasteiger partial charge is 0.421 e. The van der Waals surface area contributed by atoms with Crippen molar-refractivity contribution in [2.75, 3.05) is 64.0 Å². The molecule has 36 heavy (non-hydrogen) atoms. The molecule has 2 aromatic heterocycles. The maximum absolute atomic E-state index is 13.6. The number of hydrogen-bond acceptors (Lipinski definition) is 7. The van der Waals surface area contributed by atoms with Crippen molar-refractivity contribution in [3.05, 3.63) is 23.7 Å². The average molecular weight is 510 g/mol. The molecule has 0 atom stereocenters. The number of aryl methyl sites for hydroxylation is 1. The van der Waals surface area contributed by atoms with Crippen molar-refractivity contribution in [2.24, 2.45) is 0 Å². The molecule has 2 aliphatic heterocycles. The Balaban J connectivity index is 1.40. The van der Waals surface area contributed by atoms with E-state index < -0.39 is 11.7 Å². The summed E-state index contributed by atoms with van der Waals surface area (Å²) in [5.74, 6) is -0.237. The van der Waals surface area contributed by atoms with E-state index in [1.165, 1.54) is 0 Å². The molecule has 0 bridgehead atoms. The summed E-state index contributed by atoms with van der Waals surface area (Å²) in [4.78, 5) is 25.8. The molecular weight excluding hydrogens is 475 g/mol. The van der Waals surface area contributed by atoms with Gasteiger partial charge in [0.05, 0.1) is 17.4 Å². The van der Waals surface area contributed by atoms with Crippen molar-refractivity contribution in [1.82, 2.24) is 34.4 Å². The molecule has 0 radical (unpaired) electrons. The maximum atomic E-state index is 13.6. The third-order valence-electron chi connectivity index (χ3n) is 6.74. The lowest BCUT2D eigenvalue weighted by Crippen LogP contribution is -2.48. The van der Waals surface area contributed by atoms with E-state index in [1.807, 2.05) is 17.8 Å². The molecule has 2 amide bonds. The van der Waals surface area contributed by atoms with Crippen LogP contribution in [0.3, 0.4) is 0 Å². The fourth-order valence-electron chi connectivity index (χ4n) is 4.32. The third kappa shape index (κ3) is 6.18. The topological polar surface area (TPSA) is 94.5 Å². The number of nitrogens with zero attached hydrogens (tertiary/aromatic N) is 7. The second kappa shape index (κ2) is 10.9. The molecule has 0 saturated carbocycles. The molecule has 2 aromatic rings. The molecule has 0 unspecified atom stereocenters. The first-order chi connectivity index (χ1) is 17.1. The second-order valence-electron chi connectivity index (χ2n) is 9.55. The zero-order chi connectivity index (χ0) is 25.9. The van der Waals surface area contributed by atoms with E-state index in [1.54, 1.807) is 16.8 Å². The molecule has 2 N–H and O–H groups in total. The van der Waals surface area contributed by atoms with Crippen LogP contribution in [-0.4, -0.2) is 93.8 Å². The lowest BCUT2D eigenvalue weighted by Gasteiger charge is -2.34. The first kappa shape index (κ1) is 26.0. The van der Waals surface area contributed by atoms with Crippen molar-refractivity contribution >= 4 is 23.5 Å². The summed E-state index contributed by atoms with van der Waals surface area (Å²) in [6.07, 6.45) is 1.51. The minimum Gasteiger partial charge on any atom is -0.369 e. The average Bonchev–Trinajstić information content (AvgIpc) is 3.15. The van der Waals surface area contributed by atoms with E-state index in [9.17, 15) is 18.0 Å². The van der Waals surface area contributed by atoms with Gasteiger partial charge in [-0.2, -0.15) is 23.3 Å². The van der Waals surface area contributed by atoms with Gasteiger partial charge in [0.1, 0.15) is 11.4 Å². The molecule has 0 spiro atoms. The Morgan fingerprint density at radius 3 is 2.58 bits per heavy atom. The number of alkyl halides is 3. The van der Waals surface area contributed by atoms with Gasteiger partial charge in [0, 0.05) is 45.6 Å². The van der Waals surface area contributed by atoms with Crippen LogP contribution in [0.1, 0.15) is 43.0 Å². The summed E-state index contributed by atoms with van der Waals surface area (Å²) < 4.78 is 42.6. The van der Waals surface area contributed by atoms with Crippen LogP contribution >= 0.6 is 0 Å². The molecule has 10 nitrogen and oxygen atoms in total. The summed E-state index contributed by atoms with van der Waals surface area (Å²) in [6.45, 7) is 5.98. The van der Waals surface area contributed by atoms with Crippen molar-refractivity contribution in [2.45, 2.75) is 44.8 Å². The van der Waals surface area contributed by atoms with Crippen LogP contribution in [0.4, 0.5) is 35.4 Å². The number of urea groups is 1. The van der Waals surface area contributed by atoms with Crippen LogP contribution in [-0.2, 0) is 6.18 Å². The normalized spacial score (nSPS) is 17.1. The lowest BCUT2D eigenvalue weighted by molar-refractivity contribution is -0.137. The quantitative estimate of drug-likeness (QED) is 0.526. The summed E-state index contributed by atoms with van der Waals surface area (Å²) >= 11 is 0. The van der Waals surface area contributed by atoms with Crippen LogP contribution < -0.4 is 10.6 Å². The summed E-state index contributed by atoms with van der Waals surface area (Å²) in [5, 5.41) is 10.4. The van der Waals surface area contributed by atoms with Gasteiger partial charge in [-0.1, -0.05) is 0 Å². The van der Waals surface area contributed by atoms with E-state index >= 15 is 0 Å². The van der Waals surface area contributed by atoms with Crippen molar-refractivity contribution < 1.29 is 18.0 Å². The minimum atomic E-state index is -4.60. The molecule has 2 fully saturated rings. The Kier molecular flexibility index (Phi) is 7.86. The third-order valence-corrected chi connectivity index (χ3v) is 6.74. The highest BCUT2D eigenvalue weighted by atomic mass is 19.4. The van der Waals surface area contributed by atoms with Crippen LogP contribution in [0.5, 0.6) is 0 Å². The molecule has 13 heteroatoms. The standard InChI is InChI=1S/C23H34F3N9O/c1-16-19(15-35(31-16)17-6-12-32(2)13-7-17)29-21-28-14-18(23(24,25)26)20(30-21)27-8-4-9-33(3)22(36)34-10-5-11-34/h14-15,17H,4-13H2,1-3H3,(H2,27,28,29,30). The van der Waals surface area contributed by atoms with Gasteiger partial charge in [-0.3, -0.25) is 4.68 Å². The Hall–Kier alpha value is -3.09. The first-order valence-corrected chi connectivity index (χ1v) is 12.3. The van der Waals surface area contributed by atoms with Crippen LogP contribution in [0, 0.1) is 6.92 Å². The van der Waals surface area contributed by atoms with E-state index in [0.717, 1.165) is 57.3 Å². The van der Waals surface area contributed by atoms with Gasteiger partial charge in [-0.15, -0.1) is 0 Å². The van der Waals surface area contributed by atoms with E-state index in [0.29, 0.717) is 18.7 Å². The number of amides is 2. The van der Waals surface area contributed by atoms with Crippen LogP contribution in [0.2, 0.25) is 0 Å². The van der Waals surface area contributed by atoms with E-state index in [-0.39, 0.29) is 30.4 Å². The Bertz CT molecular complexity index is 1050. The maximum Gasteiger partial charge on any atom is 0.421 e. The molecule has 0 aromatic carbocycles. The number of aromatic nitrogens is 4. The van der Waals surface area contributed by atoms with Gasteiger partial charge in [0.2, 0.25) is 5.95 Å². The van der Waals surface area contributed by atoms with Gasteiger partial charge in [0.25, 0.3) is 0 Å². The fourth-order valence-corrected chi connectivity index (χ4v) is 4.32. The van der Waals surface area contributed by atoms with E-state index in [4.69, 9.17) is 0 Å². The highest BCUT2D eigenvalue weighted by Crippen LogP contribution is 2.34. The summed E-state index contributed by atoms with van der Waals surface area (Å²) in [5.41, 5.74) is 0.449. The monoisotopic (exact) mass is 509 g/mol. The number of hydrogen-bond donors (Lipinski definition) is 2. The minimum absolute atomic E-state index is 0.0538. The number of likely N-dealkylation sites (tertiary alicyclic amines) is 2. The van der Waals surface area contributed by atoms with Crippen molar-refractivity contribution in [1.29, 1.82) is 0 Å². The zero-order valence-electron chi connectivity index (χ0n) is 21.0. The number of halogens is 3. The van der Waals surface area contributed by atoms with Gasteiger partial charge in [0.15, 0.2) is 0 Å². The van der Waals surface area contributed by atoms with Gasteiger partial charge in [-0.05, 0) is 52.7 Å². The predicted octanol–water partition coefficient (Wildman–Crippen LogP) is 3.57. The molecule has 0 aliphatic carbocycles. The molecular formula is C23H34F3N9O. The predicted molar refractivity (Wildman–Crippen MR) is 130 cm³/mol. The molecule has 198 valence electrons. The van der Waals surface area contributed by atoms with Crippen LogP contribution in [0.25, 0.3) is 0 Å². The SMILES string of the molecule is Cc1nn(C2CCN(C)CC2)cc1Nc1ncc(C(F)(F)F)c(NCCCN(C)C(=O)N2CCC2)n1. The highest BCUT2D eigenvalue weighted by Gasteiger charge is 2.35. The van der Waals surface area contributed by atoms with Crippen molar-refractivity contribution in [3.63, 3.8) is 0 Å². The smallest absolute Gasteiger partial charge is 0.369 e. The van der Waals surface area contributed by atoms with Crippen LogP contribution in [0.15, 0.2) is 12.4 Å². The molecule has 4 heterocycles. The fraction of sp³-hybridized carbons (Fsp3) is 0.652. The number of anilines is 3. The number of rotatable bonds is 8. The first-order valence-electron chi connectivity index (χ1n) is 12.3. The van der Waals surface area contributed by atoms with Gasteiger partial charge < -0.3 is 25.3 Å². The second-order valence-corrected chi connectivity index (χ2v) is 9.55. The number of nitrogens with one attached hydrogen (secondary N) is 2. The number of carbonyl (C=O) groups is 1. The number of carbonyl (C=O) groups excluding carboxylic acids is 1. The Labute approximate surface area is 208 Å². The number of piperidine rings is 1. The van der Waals surface area contributed by atoms with E-state index in [2.05, 4.69) is 37.6 Å². The van der Waals surface area contributed by atoms with Gasteiger partial charge >= 0.3 is 12.2 Å². The van der Waals surface area contributed by atoms with Crippen molar-refractivity contribution in [3.8, 4) is 0 Å². The Morgan fingerprint density at radius 1 is 1.22 bits per heavy atom. The molecule has 4 rings (SSSR count). The molecule has 2 aliphatic rings. The molecule has 2 saturated heterocycles. The highest BCUT2D eigenvalue weighted by molar-refractivity contribution is 5.74. The zero-order valence-corrected chi connectivity index (χ0v) is 21.0. The Morgan fingerprint density at radius 2 is 1.94 bits per heavy atom. The summed E-state index contributed by atoms with van der Waals surface area (Å²) in [6, 6.07) is 0.231.